The van der Waals surface area contributed by atoms with Crippen LogP contribution in [-0.2, 0) is 10.0 Å². The number of nitrogens with one attached hydrogen (secondary N) is 2. The smallest absolute Gasteiger partial charge is 0.293 e. The monoisotopic (exact) mass is 285 g/mol. The van der Waals surface area contributed by atoms with Crippen molar-refractivity contribution in [2.75, 3.05) is 12.4 Å². The first-order chi connectivity index (χ1) is 8.77. The Hall–Kier alpha value is -1.67. The van der Waals surface area contributed by atoms with Gasteiger partial charge in [-0.15, -0.1) is 0 Å². The van der Waals surface area contributed by atoms with Gasteiger partial charge in [-0.05, 0) is 31.9 Å². The molecular formula is C11H15N3O4S. The first-order valence-corrected chi connectivity index (χ1v) is 7.26. The lowest BCUT2D eigenvalue weighted by atomic mass is 10.3. The quantitative estimate of drug-likeness (QED) is 0.630. The third-order valence-electron chi connectivity index (χ3n) is 3.13. The summed E-state index contributed by atoms with van der Waals surface area (Å²) in [7, 11) is -2.18. The second-order valence-corrected chi connectivity index (χ2v) is 6.53. The fraction of sp³-hybridized carbons (Fsp3) is 0.455. The number of nitrogens with zero attached hydrogens (tertiary/aromatic N) is 1. The molecule has 8 heteroatoms. The maximum absolute atomic E-state index is 12.1. The van der Waals surface area contributed by atoms with Crippen molar-refractivity contribution in [3.05, 3.63) is 28.3 Å². The Bertz CT molecular complexity index is 623. The van der Waals surface area contributed by atoms with Crippen LogP contribution in [0.25, 0.3) is 0 Å². The van der Waals surface area contributed by atoms with Gasteiger partial charge in [0.1, 0.15) is 5.69 Å². The van der Waals surface area contributed by atoms with Gasteiger partial charge in [-0.25, -0.2) is 13.1 Å². The Kier molecular flexibility index (Phi) is 3.23. The van der Waals surface area contributed by atoms with Crippen molar-refractivity contribution in [3.63, 3.8) is 0 Å². The first-order valence-electron chi connectivity index (χ1n) is 5.78. The van der Waals surface area contributed by atoms with Crippen molar-refractivity contribution in [1.82, 2.24) is 4.72 Å². The minimum absolute atomic E-state index is 0.0914. The van der Waals surface area contributed by atoms with Gasteiger partial charge in [0.05, 0.1) is 9.82 Å². The molecule has 0 saturated heterocycles. The van der Waals surface area contributed by atoms with E-state index in [0.29, 0.717) is 0 Å². The maximum atomic E-state index is 12.1. The number of sulfonamides is 1. The molecule has 0 heterocycles. The van der Waals surface area contributed by atoms with Gasteiger partial charge in [-0.2, -0.15) is 0 Å². The molecule has 1 aliphatic rings. The zero-order valence-corrected chi connectivity index (χ0v) is 11.5. The number of benzene rings is 1. The highest BCUT2D eigenvalue weighted by Gasteiger charge is 2.41. The molecule has 7 nitrogen and oxygen atoms in total. The highest BCUT2D eigenvalue weighted by Crippen LogP contribution is 2.36. The van der Waals surface area contributed by atoms with Crippen LogP contribution in [-0.4, -0.2) is 25.9 Å². The molecule has 104 valence electrons. The zero-order chi connectivity index (χ0) is 14.3. The third-order valence-corrected chi connectivity index (χ3v) is 4.76. The Morgan fingerprint density at radius 3 is 2.47 bits per heavy atom. The van der Waals surface area contributed by atoms with Crippen LogP contribution >= 0.6 is 0 Å². The van der Waals surface area contributed by atoms with Gasteiger partial charge in [-0.1, -0.05) is 0 Å². The van der Waals surface area contributed by atoms with Crippen molar-refractivity contribution >= 4 is 21.4 Å². The molecule has 2 rings (SSSR count). The Morgan fingerprint density at radius 1 is 1.37 bits per heavy atom. The largest absolute Gasteiger partial charge is 0.383 e. The summed E-state index contributed by atoms with van der Waals surface area (Å²) in [5.41, 5.74) is -0.386. The molecule has 0 spiro atoms. The minimum atomic E-state index is -3.72. The van der Waals surface area contributed by atoms with Gasteiger partial charge in [0.15, 0.2) is 0 Å². The van der Waals surface area contributed by atoms with Gasteiger partial charge in [0.25, 0.3) is 5.69 Å². The van der Waals surface area contributed by atoms with E-state index in [2.05, 4.69) is 10.0 Å². The fourth-order valence-electron chi connectivity index (χ4n) is 1.71. The molecule has 1 aromatic rings. The van der Waals surface area contributed by atoms with Crippen molar-refractivity contribution in [1.29, 1.82) is 0 Å². The molecule has 1 aromatic carbocycles. The van der Waals surface area contributed by atoms with Crippen LogP contribution in [0.1, 0.15) is 19.8 Å². The maximum Gasteiger partial charge on any atom is 0.293 e. The molecule has 19 heavy (non-hydrogen) atoms. The SMILES string of the molecule is CNc1ccc(S(=O)(=O)NC2(C)CC2)cc1[N+](=O)[O-]. The van der Waals surface area contributed by atoms with Crippen LogP contribution in [0, 0.1) is 10.1 Å². The lowest BCUT2D eigenvalue weighted by Crippen LogP contribution is -2.34. The van der Waals surface area contributed by atoms with Gasteiger partial charge in [0, 0.05) is 18.7 Å². The van der Waals surface area contributed by atoms with Gasteiger partial charge in [0.2, 0.25) is 10.0 Å². The molecule has 1 saturated carbocycles. The van der Waals surface area contributed by atoms with Crippen molar-refractivity contribution in [3.8, 4) is 0 Å². The van der Waals surface area contributed by atoms with Crippen molar-refractivity contribution in [2.24, 2.45) is 0 Å². The van der Waals surface area contributed by atoms with Crippen LogP contribution in [0.15, 0.2) is 23.1 Å². The van der Waals surface area contributed by atoms with Crippen LogP contribution < -0.4 is 10.0 Å². The Balaban J connectivity index is 2.40. The number of rotatable bonds is 5. The molecule has 0 aliphatic heterocycles. The molecular weight excluding hydrogens is 270 g/mol. The number of nitro groups is 1. The summed E-state index contributed by atoms with van der Waals surface area (Å²) >= 11 is 0. The van der Waals surface area contributed by atoms with Gasteiger partial charge < -0.3 is 5.32 Å². The summed E-state index contributed by atoms with van der Waals surface area (Å²) < 4.78 is 26.8. The number of hydrogen-bond donors (Lipinski definition) is 2. The highest BCUT2D eigenvalue weighted by atomic mass is 32.2. The number of hydrogen-bond acceptors (Lipinski definition) is 5. The van der Waals surface area contributed by atoms with E-state index < -0.39 is 20.5 Å². The van der Waals surface area contributed by atoms with Crippen molar-refractivity contribution in [2.45, 2.75) is 30.2 Å². The second-order valence-electron chi connectivity index (χ2n) is 4.85. The lowest BCUT2D eigenvalue weighted by Gasteiger charge is -2.12. The van der Waals surface area contributed by atoms with Crippen molar-refractivity contribution < 1.29 is 13.3 Å². The fourth-order valence-corrected chi connectivity index (χ4v) is 3.20. The molecule has 0 aromatic heterocycles. The Morgan fingerprint density at radius 2 is 2.00 bits per heavy atom. The predicted octanol–water partition coefficient (Wildman–Crippen LogP) is 1.47. The molecule has 2 N–H and O–H groups in total. The molecule has 0 bridgehead atoms. The van der Waals surface area contributed by atoms with E-state index >= 15 is 0 Å². The molecule has 0 amide bonds. The van der Waals surface area contributed by atoms with E-state index in [-0.39, 0.29) is 16.3 Å². The molecule has 0 atom stereocenters. The number of nitro benzene ring substituents is 1. The molecule has 0 unspecified atom stereocenters. The van der Waals surface area contributed by atoms with E-state index in [4.69, 9.17) is 0 Å². The first kappa shape index (κ1) is 13.8. The molecule has 1 fully saturated rings. The van der Waals surface area contributed by atoms with E-state index in [1.54, 1.807) is 14.0 Å². The topological polar surface area (TPSA) is 101 Å². The summed E-state index contributed by atoms with van der Waals surface area (Å²) in [4.78, 5) is 10.2. The summed E-state index contributed by atoms with van der Waals surface area (Å²) in [6.45, 7) is 1.81. The highest BCUT2D eigenvalue weighted by molar-refractivity contribution is 7.89. The standard InChI is InChI=1S/C11H15N3O4S/c1-11(5-6-11)13-19(17,18)8-3-4-9(12-2)10(7-8)14(15)16/h3-4,7,12-13H,5-6H2,1-2H3. The summed E-state index contributed by atoms with van der Waals surface area (Å²) in [5.74, 6) is 0. The van der Waals surface area contributed by atoms with Gasteiger partial charge >= 0.3 is 0 Å². The van der Waals surface area contributed by atoms with E-state index in [1.807, 2.05) is 0 Å². The minimum Gasteiger partial charge on any atom is -0.383 e. The summed E-state index contributed by atoms with van der Waals surface area (Å²) in [6.07, 6.45) is 1.56. The van der Waals surface area contributed by atoms with Crippen LogP contribution in [0.3, 0.4) is 0 Å². The average molecular weight is 285 g/mol. The zero-order valence-electron chi connectivity index (χ0n) is 10.6. The van der Waals surface area contributed by atoms with E-state index in [0.717, 1.165) is 18.9 Å². The van der Waals surface area contributed by atoms with Gasteiger partial charge in [-0.3, -0.25) is 10.1 Å². The number of anilines is 1. The Labute approximate surface area is 111 Å². The van der Waals surface area contributed by atoms with Crippen LogP contribution in [0.5, 0.6) is 0 Å². The molecule has 0 radical (unpaired) electrons. The van der Waals surface area contributed by atoms with Crippen LogP contribution in [0.2, 0.25) is 0 Å². The third kappa shape index (κ3) is 2.85. The predicted molar refractivity (Wildman–Crippen MR) is 70.6 cm³/mol. The summed E-state index contributed by atoms with van der Waals surface area (Å²) in [6, 6.07) is 3.81. The average Bonchev–Trinajstić information content (AvgIpc) is 3.04. The van der Waals surface area contributed by atoms with E-state index in [1.165, 1.54) is 12.1 Å². The lowest BCUT2D eigenvalue weighted by molar-refractivity contribution is -0.384. The normalized spacial score (nSPS) is 16.9. The molecule has 1 aliphatic carbocycles. The summed E-state index contributed by atoms with van der Waals surface area (Å²) in [5, 5.41) is 13.6. The van der Waals surface area contributed by atoms with Crippen LogP contribution in [0.4, 0.5) is 11.4 Å². The van der Waals surface area contributed by atoms with E-state index in [9.17, 15) is 18.5 Å². The second kappa shape index (κ2) is 4.46.